The minimum absolute atomic E-state index is 0. The predicted octanol–water partition coefficient (Wildman–Crippen LogP) is 5.10. The van der Waals surface area contributed by atoms with Gasteiger partial charge in [-0.05, 0) is 30.3 Å². The number of hydrogen-bond acceptors (Lipinski definition) is 3. The second-order valence-electron chi connectivity index (χ2n) is 4.02. The molecule has 20 heavy (non-hydrogen) atoms. The molecule has 0 radical (unpaired) electrons. The monoisotopic (exact) mass is 325 g/mol. The number of para-hydroxylation sites is 1. The van der Waals surface area contributed by atoms with Crippen LogP contribution in [0.5, 0.6) is 0 Å². The Balaban J connectivity index is 0.00000147. The minimum Gasteiger partial charge on any atom is -0.340 e. The maximum absolute atomic E-state index is 5.98. The van der Waals surface area contributed by atoms with Crippen LogP contribution in [-0.2, 0) is 0 Å². The molecule has 3 nitrogen and oxygen atoms in total. The molecule has 0 fully saturated rings. The highest BCUT2D eigenvalue weighted by Gasteiger charge is 2.04. The van der Waals surface area contributed by atoms with Crippen molar-refractivity contribution < 1.29 is 0 Å². The quantitative estimate of drug-likeness (QED) is 0.711. The molecular weight excluding hydrogens is 317 g/mol. The van der Waals surface area contributed by atoms with E-state index in [1.807, 2.05) is 24.3 Å². The molecule has 0 bridgehead atoms. The second-order valence-corrected chi connectivity index (χ2v) is 4.90. The predicted molar refractivity (Wildman–Crippen MR) is 86.5 cm³/mol. The van der Waals surface area contributed by atoms with Gasteiger partial charge in [0.25, 0.3) is 0 Å². The highest BCUT2D eigenvalue weighted by molar-refractivity contribution is 6.35. The molecule has 3 aromatic rings. The minimum atomic E-state index is 0. The number of halogens is 3. The highest BCUT2D eigenvalue weighted by Crippen LogP contribution is 2.27. The lowest BCUT2D eigenvalue weighted by atomic mass is 10.2. The molecule has 1 N–H and O–H groups in total. The van der Waals surface area contributed by atoms with E-state index in [2.05, 4.69) is 15.3 Å². The fourth-order valence-electron chi connectivity index (χ4n) is 1.87. The van der Waals surface area contributed by atoms with Crippen molar-refractivity contribution in [1.82, 2.24) is 9.97 Å². The average molecular weight is 327 g/mol. The maximum atomic E-state index is 5.98. The van der Waals surface area contributed by atoms with Crippen LogP contribution in [0.3, 0.4) is 0 Å². The number of benzene rings is 2. The van der Waals surface area contributed by atoms with E-state index in [0.29, 0.717) is 10.0 Å². The fourth-order valence-corrected chi connectivity index (χ4v) is 2.39. The Bertz CT molecular complexity index is 721. The van der Waals surface area contributed by atoms with Crippen LogP contribution in [-0.4, -0.2) is 9.97 Å². The molecule has 0 spiro atoms. The van der Waals surface area contributed by atoms with E-state index in [-0.39, 0.29) is 12.4 Å². The first-order valence-electron chi connectivity index (χ1n) is 5.65. The maximum Gasteiger partial charge on any atom is 0.141 e. The smallest absolute Gasteiger partial charge is 0.141 e. The molecule has 0 atom stereocenters. The molecule has 102 valence electrons. The standard InChI is InChI=1S/C14H9Cl2N3.ClH/c15-9-5-10(16)7-11(6-9)19-14-12-3-1-2-4-13(12)17-8-18-14;/h1-8H,(H,17,18,19);1H. The van der Waals surface area contributed by atoms with E-state index in [0.717, 1.165) is 22.4 Å². The zero-order valence-electron chi connectivity index (χ0n) is 10.2. The summed E-state index contributed by atoms with van der Waals surface area (Å²) in [5.74, 6) is 0.726. The molecule has 0 saturated carbocycles. The largest absolute Gasteiger partial charge is 0.340 e. The van der Waals surface area contributed by atoms with Gasteiger partial charge in [0.05, 0.1) is 5.52 Å². The number of nitrogens with one attached hydrogen (secondary N) is 1. The average Bonchev–Trinajstić information content (AvgIpc) is 2.38. The van der Waals surface area contributed by atoms with E-state index in [4.69, 9.17) is 23.2 Å². The van der Waals surface area contributed by atoms with Crippen molar-refractivity contribution >= 4 is 58.0 Å². The first kappa shape index (κ1) is 14.9. The van der Waals surface area contributed by atoms with Gasteiger partial charge in [0.1, 0.15) is 12.1 Å². The van der Waals surface area contributed by atoms with Crippen LogP contribution < -0.4 is 5.32 Å². The Morgan fingerprint density at radius 3 is 2.35 bits per heavy atom. The third kappa shape index (κ3) is 3.12. The molecule has 0 aliphatic rings. The van der Waals surface area contributed by atoms with Crippen LogP contribution in [0.2, 0.25) is 10.0 Å². The van der Waals surface area contributed by atoms with Crippen molar-refractivity contribution in [2.24, 2.45) is 0 Å². The lowest BCUT2D eigenvalue weighted by Gasteiger charge is -2.08. The highest BCUT2D eigenvalue weighted by atomic mass is 35.5. The number of rotatable bonds is 2. The van der Waals surface area contributed by atoms with Gasteiger partial charge in [-0.3, -0.25) is 0 Å². The summed E-state index contributed by atoms with van der Waals surface area (Å²) in [6, 6.07) is 13.1. The molecule has 0 amide bonds. The molecule has 0 unspecified atom stereocenters. The van der Waals surface area contributed by atoms with Gasteiger partial charge in [0, 0.05) is 21.1 Å². The van der Waals surface area contributed by atoms with Crippen LogP contribution in [0.4, 0.5) is 11.5 Å². The van der Waals surface area contributed by atoms with E-state index >= 15 is 0 Å². The van der Waals surface area contributed by atoms with E-state index in [1.165, 1.54) is 6.33 Å². The molecule has 1 heterocycles. The van der Waals surface area contributed by atoms with E-state index in [9.17, 15) is 0 Å². The number of anilines is 2. The third-order valence-electron chi connectivity index (χ3n) is 2.67. The van der Waals surface area contributed by atoms with Crippen molar-refractivity contribution in [3.05, 3.63) is 58.8 Å². The SMILES string of the molecule is Cl.Clc1cc(Cl)cc(Nc2ncnc3ccccc23)c1. The second kappa shape index (κ2) is 6.27. The molecule has 0 aliphatic carbocycles. The molecule has 1 aromatic heterocycles. The number of aromatic nitrogens is 2. The first-order chi connectivity index (χ1) is 9.22. The summed E-state index contributed by atoms with van der Waals surface area (Å²) in [5.41, 5.74) is 1.68. The first-order valence-corrected chi connectivity index (χ1v) is 6.41. The number of nitrogens with zero attached hydrogens (tertiary/aromatic N) is 2. The van der Waals surface area contributed by atoms with E-state index in [1.54, 1.807) is 18.2 Å². The summed E-state index contributed by atoms with van der Waals surface area (Å²) in [5, 5.41) is 5.31. The molecule has 0 saturated heterocycles. The number of fused-ring (bicyclic) bond motifs is 1. The molecule has 2 aromatic carbocycles. The fraction of sp³-hybridized carbons (Fsp3) is 0. The summed E-state index contributed by atoms with van der Waals surface area (Å²) in [6.07, 6.45) is 1.52. The van der Waals surface area contributed by atoms with Gasteiger partial charge in [0.15, 0.2) is 0 Å². The van der Waals surface area contributed by atoms with Gasteiger partial charge in [-0.25, -0.2) is 9.97 Å². The zero-order chi connectivity index (χ0) is 13.2. The topological polar surface area (TPSA) is 37.8 Å². The van der Waals surface area contributed by atoms with Gasteiger partial charge in [-0.2, -0.15) is 0 Å². The van der Waals surface area contributed by atoms with Crippen molar-refractivity contribution in [3.8, 4) is 0 Å². The Labute approximate surface area is 132 Å². The third-order valence-corrected chi connectivity index (χ3v) is 3.10. The van der Waals surface area contributed by atoms with E-state index < -0.39 is 0 Å². The summed E-state index contributed by atoms with van der Waals surface area (Å²) in [7, 11) is 0. The van der Waals surface area contributed by atoms with Gasteiger partial charge in [-0.1, -0.05) is 35.3 Å². The van der Waals surface area contributed by atoms with Crippen LogP contribution in [0.25, 0.3) is 10.9 Å². The molecular formula is C14H10Cl3N3. The van der Waals surface area contributed by atoms with Crippen LogP contribution in [0.1, 0.15) is 0 Å². The van der Waals surface area contributed by atoms with Crippen molar-refractivity contribution in [1.29, 1.82) is 0 Å². The Morgan fingerprint density at radius 1 is 0.900 bits per heavy atom. The summed E-state index contributed by atoms with van der Waals surface area (Å²) in [6.45, 7) is 0. The van der Waals surface area contributed by atoms with Crippen LogP contribution >= 0.6 is 35.6 Å². The van der Waals surface area contributed by atoms with Gasteiger partial charge in [-0.15, -0.1) is 12.4 Å². The van der Waals surface area contributed by atoms with Gasteiger partial charge in [0.2, 0.25) is 0 Å². The summed E-state index contributed by atoms with van der Waals surface area (Å²) >= 11 is 12.0. The van der Waals surface area contributed by atoms with Crippen molar-refractivity contribution in [2.45, 2.75) is 0 Å². The lowest BCUT2D eigenvalue weighted by Crippen LogP contribution is -1.95. The zero-order valence-corrected chi connectivity index (χ0v) is 12.5. The van der Waals surface area contributed by atoms with Gasteiger partial charge >= 0.3 is 0 Å². The summed E-state index contributed by atoms with van der Waals surface area (Å²) < 4.78 is 0. The number of hydrogen-bond donors (Lipinski definition) is 1. The van der Waals surface area contributed by atoms with Crippen LogP contribution in [0, 0.1) is 0 Å². The molecule has 3 rings (SSSR count). The van der Waals surface area contributed by atoms with Crippen LogP contribution in [0.15, 0.2) is 48.8 Å². The van der Waals surface area contributed by atoms with Crippen molar-refractivity contribution in [2.75, 3.05) is 5.32 Å². The Kier molecular flexibility index (Phi) is 4.65. The molecule has 6 heteroatoms. The Hall–Kier alpha value is -1.55. The summed E-state index contributed by atoms with van der Waals surface area (Å²) in [4.78, 5) is 8.47. The van der Waals surface area contributed by atoms with Crippen molar-refractivity contribution in [3.63, 3.8) is 0 Å². The van der Waals surface area contributed by atoms with Gasteiger partial charge < -0.3 is 5.32 Å². The lowest BCUT2D eigenvalue weighted by molar-refractivity contribution is 1.22. The molecule has 0 aliphatic heterocycles. The normalized spacial score (nSPS) is 10.1. The Morgan fingerprint density at radius 2 is 1.60 bits per heavy atom.